The van der Waals surface area contributed by atoms with E-state index in [2.05, 4.69) is 0 Å². The molecule has 0 N–H and O–H groups in total. The van der Waals surface area contributed by atoms with Crippen LogP contribution in [0.15, 0.2) is 40.1 Å². The molecule has 0 aliphatic heterocycles. The highest BCUT2D eigenvalue weighted by Gasteiger charge is 2.11. The largest absolute Gasteiger partial charge is 0.331 e. The predicted octanol–water partition coefficient (Wildman–Crippen LogP) is 1.82. The Labute approximate surface area is 122 Å². The van der Waals surface area contributed by atoms with Crippen molar-refractivity contribution in [1.82, 2.24) is 9.13 Å². The van der Waals surface area contributed by atoms with Crippen molar-refractivity contribution in [1.29, 1.82) is 0 Å². The summed E-state index contributed by atoms with van der Waals surface area (Å²) in [4.78, 5) is 24.1. The number of aryl methyl sites for hydroxylation is 1. The van der Waals surface area contributed by atoms with Gasteiger partial charge in [0, 0.05) is 18.3 Å². The summed E-state index contributed by atoms with van der Waals surface area (Å²) in [5, 5.41) is 0. The van der Waals surface area contributed by atoms with Gasteiger partial charge in [-0.15, -0.1) is 0 Å². The first-order chi connectivity index (χ1) is 9.04. The van der Waals surface area contributed by atoms with Crippen molar-refractivity contribution in [3.8, 4) is 0 Å². The number of nitrogens with zero attached hydrogens (tertiary/aromatic N) is 2. The van der Waals surface area contributed by atoms with Crippen molar-refractivity contribution in [2.75, 3.05) is 0 Å². The summed E-state index contributed by atoms with van der Waals surface area (Å²) in [7, 11) is 0. The zero-order valence-corrected chi connectivity index (χ0v) is 12.4. The first-order valence-electron chi connectivity index (χ1n) is 5.77. The Bertz CT molecular complexity index is 721. The highest BCUT2D eigenvalue weighted by atomic mass is 127. The van der Waals surface area contributed by atoms with Crippen molar-refractivity contribution < 1.29 is 4.39 Å². The average molecular weight is 374 g/mol. The molecule has 0 atom stereocenters. The van der Waals surface area contributed by atoms with E-state index in [4.69, 9.17) is 0 Å². The Kier molecular flexibility index (Phi) is 4.18. The lowest BCUT2D eigenvalue weighted by molar-refractivity contribution is 0.563. The minimum atomic E-state index is -0.421. The first-order valence-corrected chi connectivity index (χ1v) is 6.85. The lowest BCUT2D eigenvalue weighted by atomic mass is 10.2. The molecule has 2 rings (SSSR count). The second kappa shape index (κ2) is 5.68. The molecule has 0 saturated heterocycles. The lowest BCUT2D eigenvalue weighted by Gasteiger charge is -2.10. The summed E-state index contributed by atoms with van der Waals surface area (Å²) in [6.07, 6.45) is 1.52. The molecular formula is C13H12FIN2O2. The smallest absolute Gasteiger partial charge is 0.300 e. The van der Waals surface area contributed by atoms with Crippen molar-refractivity contribution in [3.63, 3.8) is 0 Å². The van der Waals surface area contributed by atoms with Crippen LogP contribution >= 0.6 is 22.6 Å². The third-order valence-electron chi connectivity index (χ3n) is 2.82. The van der Waals surface area contributed by atoms with Crippen molar-refractivity contribution >= 4 is 22.6 Å². The highest BCUT2D eigenvalue weighted by molar-refractivity contribution is 14.1. The average Bonchev–Trinajstić information content (AvgIpc) is 2.41. The van der Waals surface area contributed by atoms with Crippen LogP contribution in [0, 0.1) is 9.39 Å². The van der Waals surface area contributed by atoms with Gasteiger partial charge in [-0.2, -0.15) is 0 Å². The van der Waals surface area contributed by atoms with E-state index in [0.717, 1.165) is 4.57 Å². The van der Waals surface area contributed by atoms with Gasteiger partial charge < -0.3 is 0 Å². The lowest BCUT2D eigenvalue weighted by Crippen LogP contribution is -2.41. The molecular weight excluding hydrogens is 362 g/mol. The van der Waals surface area contributed by atoms with E-state index in [0.29, 0.717) is 15.7 Å². The molecule has 4 nitrogen and oxygen atoms in total. The molecule has 2 aromatic rings. The van der Waals surface area contributed by atoms with Crippen molar-refractivity contribution in [2.45, 2.75) is 20.0 Å². The maximum atomic E-state index is 13.6. The number of aromatic nitrogens is 2. The zero-order valence-electron chi connectivity index (χ0n) is 10.3. The minimum absolute atomic E-state index is 0.0544. The Hall–Kier alpha value is -1.44. The van der Waals surface area contributed by atoms with Crippen LogP contribution in [0.2, 0.25) is 0 Å². The van der Waals surface area contributed by atoms with Crippen LogP contribution in [-0.4, -0.2) is 9.13 Å². The molecule has 100 valence electrons. The fourth-order valence-corrected chi connectivity index (χ4v) is 2.41. The van der Waals surface area contributed by atoms with E-state index < -0.39 is 17.1 Å². The minimum Gasteiger partial charge on any atom is -0.300 e. The quantitative estimate of drug-likeness (QED) is 0.770. The van der Waals surface area contributed by atoms with Crippen LogP contribution in [0.3, 0.4) is 0 Å². The van der Waals surface area contributed by atoms with Gasteiger partial charge in [-0.05, 0) is 35.6 Å². The third-order valence-corrected chi connectivity index (χ3v) is 3.56. The van der Waals surface area contributed by atoms with Crippen molar-refractivity contribution in [2.24, 2.45) is 0 Å². The molecule has 0 amide bonds. The summed E-state index contributed by atoms with van der Waals surface area (Å²) in [6.45, 7) is 2.23. The van der Waals surface area contributed by atoms with Crippen LogP contribution in [0.1, 0.15) is 12.5 Å². The molecule has 19 heavy (non-hydrogen) atoms. The van der Waals surface area contributed by atoms with Gasteiger partial charge in [0.15, 0.2) is 0 Å². The Balaban J connectivity index is 2.58. The molecule has 0 aliphatic rings. The zero-order chi connectivity index (χ0) is 14.0. The van der Waals surface area contributed by atoms with E-state index >= 15 is 0 Å². The third kappa shape index (κ3) is 2.78. The van der Waals surface area contributed by atoms with Gasteiger partial charge in [0.25, 0.3) is 5.56 Å². The number of halogens is 2. The highest BCUT2D eigenvalue weighted by Crippen LogP contribution is 2.07. The Morgan fingerprint density at radius 3 is 2.58 bits per heavy atom. The monoisotopic (exact) mass is 374 g/mol. The Morgan fingerprint density at radius 1 is 1.26 bits per heavy atom. The van der Waals surface area contributed by atoms with E-state index in [1.165, 1.54) is 16.8 Å². The summed E-state index contributed by atoms with van der Waals surface area (Å²) in [6, 6.07) is 6.13. The molecule has 1 aromatic heterocycles. The number of benzene rings is 1. The van der Waals surface area contributed by atoms with Gasteiger partial charge in [0.2, 0.25) is 0 Å². The second-order valence-corrected chi connectivity index (χ2v) is 5.19. The molecule has 0 fully saturated rings. The number of hydrogen-bond acceptors (Lipinski definition) is 2. The molecule has 0 bridgehead atoms. The van der Waals surface area contributed by atoms with E-state index in [1.54, 1.807) is 18.2 Å². The molecule has 0 spiro atoms. The summed E-state index contributed by atoms with van der Waals surface area (Å²) >= 11 is 1.88. The van der Waals surface area contributed by atoms with Gasteiger partial charge in [0.1, 0.15) is 5.82 Å². The standard InChI is InChI=1S/C13H12FIN2O2/c1-2-16-8-11(15)12(18)17(13(16)19)7-9-5-3-4-6-10(9)14/h3-6,8H,2,7H2,1H3. The summed E-state index contributed by atoms with van der Waals surface area (Å²) in [5.41, 5.74) is -0.485. The fourth-order valence-electron chi connectivity index (χ4n) is 1.78. The molecule has 0 saturated carbocycles. The predicted molar refractivity (Wildman–Crippen MR) is 78.9 cm³/mol. The van der Waals surface area contributed by atoms with Gasteiger partial charge in [0.05, 0.1) is 10.1 Å². The van der Waals surface area contributed by atoms with Crippen LogP contribution in [-0.2, 0) is 13.1 Å². The molecule has 0 unspecified atom stereocenters. The van der Waals surface area contributed by atoms with E-state index in [-0.39, 0.29) is 6.54 Å². The van der Waals surface area contributed by atoms with E-state index in [1.807, 2.05) is 29.5 Å². The van der Waals surface area contributed by atoms with Gasteiger partial charge in [-0.1, -0.05) is 18.2 Å². The summed E-state index contributed by atoms with van der Waals surface area (Å²) in [5.74, 6) is -0.421. The van der Waals surface area contributed by atoms with Crippen LogP contribution in [0.25, 0.3) is 0 Å². The Morgan fingerprint density at radius 2 is 1.95 bits per heavy atom. The second-order valence-electron chi connectivity index (χ2n) is 4.03. The van der Waals surface area contributed by atoms with Crippen molar-refractivity contribution in [3.05, 3.63) is 66.3 Å². The normalized spacial score (nSPS) is 10.7. The maximum absolute atomic E-state index is 13.6. The van der Waals surface area contributed by atoms with Gasteiger partial charge >= 0.3 is 5.69 Å². The van der Waals surface area contributed by atoms with Gasteiger partial charge in [-0.25, -0.2) is 9.18 Å². The van der Waals surface area contributed by atoms with Gasteiger partial charge in [-0.3, -0.25) is 13.9 Å². The van der Waals surface area contributed by atoms with E-state index in [9.17, 15) is 14.0 Å². The SMILES string of the molecule is CCn1cc(I)c(=O)n(Cc2ccccc2F)c1=O. The molecule has 6 heteroatoms. The number of rotatable bonds is 3. The first kappa shape index (κ1) is 14.0. The van der Waals surface area contributed by atoms with Crippen LogP contribution in [0.4, 0.5) is 4.39 Å². The molecule has 1 aromatic carbocycles. The number of hydrogen-bond donors (Lipinski definition) is 0. The van der Waals surface area contributed by atoms with Crippen LogP contribution in [0.5, 0.6) is 0 Å². The topological polar surface area (TPSA) is 44.0 Å². The molecule has 1 heterocycles. The molecule has 0 aliphatic carbocycles. The summed E-state index contributed by atoms with van der Waals surface area (Å²) < 4.78 is 16.5. The fraction of sp³-hybridized carbons (Fsp3) is 0.231. The van der Waals surface area contributed by atoms with Crippen LogP contribution < -0.4 is 11.2 Å². The maximum Gasteiger partial charge on any atom is 0.331 e. The molecule has 0 radical (unpaired) electrons.